The number of pyridine rings is 1. The maximum absolute atomic E-state index is 5.38. The molecule has 0 aliphatic rings. The zero-order chi connectivity index (χ0) is 12.5. The lowest BCUT2D eigenvalue weighted by Crippen LogP contribution is -2.12. The van der Waals surface area contributed by atoms with Crippen molar-refractivity contribution in [3.63, 3.8) is 0 Å². The summed E-state index contributed by atoms with van der Waals surface area (Å²) in [7, 11) is 0. The highest BCUT2D eigenvalue weighted by atomic mass is 32.1. The first kappa shape index (κ1) is 11.2. The van der Waals surface area contributed by atoms with E-state index in [0.717, 1.165) is 22.3 Å². The minimum absolute atomic E-state index is 0.253. The number of hydrogen-bond donors (Lipinski definition) is 1. The molecule has 0 aromatic carbocycles. The minimum atomic E-state index is 0.253. The summed E-state index contributed by atoms with van der Waals surface area (Å²) in [4.78, 5) is 11.3. The summed E-state index contributed by atoms with van der Waals surface area (Å²) in [5, 5.41) is 0. The van der Waals surface area contributed by atoms with E-state index in [2.05, 4.69) is 26.4 Å². The van der Waals surface area contributed by atoms with Gasteiger partial charge in [-0.15, -0.1) is 0 Å². The van der Waals surface area contributed by atoms with Crippen LogP contribution in [0, 0.1) is 4.77 Å². The van der Waals surface area contributed by atoms with Crippen molar-refractivity contribution in [3.05, 3.63) is 42.0 Å². The summed E-state index contributed by atoms with van der Waals surface area (Å²) < 4.78 is 4.89. The van der Waals surface area contributed by atoms with Gasteiger partial charge in [-0.25, -0.2) is 4.98 Å². The number of nitrogens with zero attached hydrogens (tertiary/aromatic N) is 4. The number of aromatic amines is 1. The predicted molar refractivity (Wildman–Crippen MR) is 71.9 cm³/mol. The van der Waals surface area contributed by atoms with Crippen molar-refractivity contribution >= 4 is 23.3 Å². The van der Waals surface area contributed by atoms with Crippen molar-refractivity contribution in [2.24, 2.45) is 0 Å². The lowest BCUT2D eigenvalue weighted by Gasteiger charge is -2.15. The maximum Gasteiger partial charge on any atom is 0.178 e. The van der Waals surface area contributed by atoms with Crippen LogP contribution in [0.2, 0.25) is 0 Å². The molecule has 0 spiro atoms. The van der Waals surface area contributed by atoms with Crippen LogP contribution in [0.15, 0.2) is 37.2 Å². The van der Waals surface area contributed by atoms with Crippen LogP contribution in [0.1, 0.15) is 13.0 Å². The summed E-state index contributed by atoms with van der Waals surface area (Å²) in [6.07, 6.45) is 9.13. The molecule has 92 valence electrons. The fourth-order valence-electron chi connectivity index (χ4n) is 2.20. The van der Waals surface area contributed by atoms with E-state index in [1.54, 1.807) is 18.6 Å². The fraction of sp³-hybridized carbons (Fsp3) is 0.250. The number of fused-ring (bicyclic) bond motifs is 1. The first-order valence-corrected chi connectivity index (χ1v) is 6.16. The molecule has 6 heteroatoms. The third-order valence-electron chi connectivity index (χ3n) is 2.99. The average Bonchev–Trinajstić information content (AvgIpc) is 2.94. The Morgan fingerprint density at radius 1 is 1.39 bits per heavy atom. The average molecular weight is 259 g/mol. The van der Waals surface area contributed by atoms with Crippen molar-refractivity contribution in [1.82, 2.24) is 24.1 Å². The number of H-pyrrole nitrogens is 1. The number of aromatic nitrogens is 5. The third-order valence-corrected chi connectivity index (χ3v) is 3.29. The smallest absolute Gasteiger partial charge is 0.178 e. The molecule has 18 heavy (non-hydrogen) atoms. The van der Waals surface area contributed by atoms with Crippen LogP contribution >= 0.6 is 12.2 Å². The number of nitrogens with one attached hydrogen (secondary N) is 1. The van der Waals surface area contributed by atoms with Gasteiger partial charge in [-0.3, -0.25) is 4.98 Å². The van der Waals surface area contributed by atoms with Gasteiger partial charge in [0.25, 0.3) is 0 Å². The first-order chi connectivity index (χ1) is 8.75. The van der Waals surface area contributed by atoms with E-state index in [0.29, 0.717) is 0 Å². The molecule has 0 fully saturated rings. The van der Waals surface area contributed by atoms with Gasteiger partial charge in [-0.1, -0.05) is 0 Å². The highest BCUT2D eigenvalue weighted by Crippen LogP contribution is 2.19. The molecule has 0 radical (unpaired) electrons. The molecule has 3 aromatic heterocycles. The predicted octanol–water partition coefficient (Wildman–Crippen LogP) is 2.55. The van der Waals surface area contributed by atoms with E-state index >= 15 is 0 Å². The molecule has 0 saturated heterocycles. The van der Waals surface area contributed by atoms with Gasteiger partial charge in [0.1, 0.15) is 0 Å². The topological polar surface area (TPSA) is 51.4 Å². The lowest BCUT2D eigenvalue weighted by atomic mass is 10.3. The van der Waals surface area contributed by atoms with Crippen molar-refractivity contribution in [2.45, 2.75) is 19.5 Å². The van der Waals surface area contributed by atoms with Gasteiger partial charge in [0.05, 0.1) is 29.6 Å². The zero-order valence-electron chi connectivity index (χ0n) is 9.95. The Morgan fingerprint density at radius 2 is 2.28 bits per heavy atom. The molecule has 0 aliphatic heterocycles. The van der Waals surface area contributed by atoms with Crippen LogP contribution in [-0.2, 0) is 6.54 Å². The van der Waals surface area contributed by atoms with Crippen molar-refractivity contribution in [3.8, 4) is 0 Å². The zero-order valence-corrected chi connectivity index (χ0v) is 10.8. The Balaban J connectivity index is 2.03. The molecule has 5 nitrogen and oxygen atoms in total. The Hall–Kier alpha value is -1.95. The summed E-state index contributed by atoms with van der Waals surface area (Å²) in [6.45, 7) is 2.98. The first-order valence-electron chi connectivity index (χ1n) is 5.75. The van der Waals surface area contributed by atoms with E-state index < -0.39 is 0 Å². The molecular formula is C12H13N5S. The van der Waals surface area contributed by atoms with Gasteiger partial charge in [-0.05, 0) is 25.2 Å². The number of imidazole rings is 2. The van der Waals surface area contributed by atoms with E-state index in [4.69, 9.17) is 12.2 Å². The van der Waals surface area contributed by atoms with E-state index in [1.165, 1.54) is 0 Å². The molecule has 1 unspecified atom stereocenters. The Morgan fingerprint density at radius 3 is 3.06 bits per heavy atom. The molecule has 1 N–H and O–H groups in total. The van der Waals surface area contributed by atoms with Gasteiger partial charge in [0.2, 0.25) is 0 Å². The molecule has 1 atom stereocenters. The van der Waals surface area contributed by atoms with E-state index in [-0.39, 0.29) is 6.04 Å². The Bertz CT molecular complexity index is 709. The van der Waals surface area contributed by atoms with Crippen LogP contribution < -0.4 is 0 Å². The molecule has 0 amide bonds. The second-order valence-corrected chi connectivity index (χ2v) is 4.69. The van der Waals surface area contributed by atoms with Crippen LogP contribution in [-0.4, -0.2) is 24.1 Å². The number of hydrogen-bond acceptors (Lipinski definition) is 3. The van der Waals surface area contributed by atoms with Crippen LogP contribution in [0.5, 0.6) is 0 Å². The highest BCUT2D eigenvalue weighted by molar-refractivity contribution is 7.71. The molecule has 0 bridgehead atoms. The third kappa shape index (κ3) is 1.84. The van der Waals surface area contributed by atoms with Gasteiger partial charge in [-0.2, -0.15) is 0 Å². The fourth-order valence-corrected chi connectivity index (χ4v) is 2.59. The minimum Gasteiger partial charge on any atom is -0.335 e. The largest absolute Gasteiger partial charge is 0.335 e. The second kappa shape index (κ2) is 4.38. The quantitative estimate of drug-likeness (QED) is 0.735. The molecule has 0 saturated carbocycles. The molecule has 3 rings (SSSR count). The Kier molecular flexibility index (Phi) is 2.71. The van der Waals surface area contributed by atoms with Crippen molar-refractivity contribution in [1.29, 1.82) is 0 Å². The lowest BCUT2D eigenvalue weighted by molar-refractivity contribution is 0.470. The van der Waals surface area contributed by atoms with Gasteiger partial charge < -0.3 is 14.1 Å². The van der Waals surface area contributed by atoms with E-state index in [9.17, 15) is 0 Å². The van der Waals surface area contributed by atoms with Crippen LogP contribution in [0.3, 0.4) is 0 Å². The highest BCUT2D eigenvalue weighted by Gasteiger charge is 2.11. The second-order valence-electron chi connectivity index (χ2n) is 4.30. The van der Waals surface area contributed by atoms with Gasteiger partial charge in [0, 0.05) is 25.1 Å². The molecule has 3 aromatic rings. The molecule has 3 heterocycles. The van der Waals surface area contributed by atoms with Gasteiger partial charge in [0.15, 0.2) is 4.77 Å². The normalized spacial score (nSPS) is 12.9. The summed E-state index contributed by atoms with van der Waals surface area (Å²) >= 11 is 5.38. The monoisotopic (exact) mass is 259 g/mol. The number of rotatable bonds is 3. The van der Waals surface area contributed by atoms with E-state index in [1.807, 2.05) is 23.2 Å². The standard InChI is InChI=1S/C12H13N5S/c1-9(7-16-5-4-14-8-16)17-11-2-3-13-6-10(11)15-12(17)18/h2-6,8-9H,7H2,1H3,(H,15,18). The molecular weight excluding hydrogens is 246 g/mol. The van der Waals surface area contributed by atoms with Crippen LogP contribution in [0.25, 0.3) is 11.0 Å². The maximum atomic E-state index is 5.38. The van der Waals surface area contributed by atoms with Crippen molar-refractivity contribution in [2.75, 3.05) is 0 Å². The summed E-state index contributed by atoms with van der Waals surface area (Å²) in [5.41, 5.74) is 2.06. The summed E-state index contributed by atoms with van der Waals surface area (Å²) in [6, 6.07) is 2.23. The summed E-state index contributed by atoms with van der Waals surface area (Å²) in [5.74, 6) is 0. The van der Waals surface area contributed by atoms with Crippen molar-refractivity contribution < 1.29 is 0 Å². The van der Waals surface area contributed by atoms with Crippen LogP contribution in [0.4, 0.5) is 0 Å². The Labute approximate surface area is 109 Å². The molecule has 0 aliphatic carbocycles. The van der Waals surface area contributed by atoms with Gasteiger partial charge >= 0.3 is 0 Å². The SMILES string of the molecule is CC(Cn1ccnc1)n1c(=S)[nH]c2cnccc21.